The molecule has 3 unspecified atom stereocenters. The molecular weight excluding hydrogens is 627 g/mol. The molecule has 0 amide bonds. The van der Waals surface area contributed by atoms with Crippen LogP contribution in [0, 0.1) is 17.8 Å². The van der Waals surface area contributed by atoms with Crippen molar-refractivity contribution in [2.24, 2.45) is 17.8 Å². The highest BCUT2D eigenvalue weighted by Crippen LogP contribution is 2.27. The van der Waals surface area contributed by atoms with Crippen molar-refractivity contribution in [3.8, 4) is 0 Å². The zero-order valence-electron chi connectivity index (χ0n) is 37.1. The highest BCUT2D eigenvalue weighted by atomic mass is 15.1. The van der Waals surface area contributed by atoms with Crippen LogP contribution >= 0.6 is 0 Å². The van der Waals surface area contributed by atoms with Gasteiger partial charge in [0.15, 0.2) is 0 Å². The number of hydrogen-bond acceptors (Lipinski definition) is 1. The van der Waals surface area contributed by atoms with Crippen LogP contribution in [0.25, 0.3) is 0 Å². The monoisotopic (exact) mass is 728 g/mol. The lowest BCUT2D eigenvalue weighted by atomic mass is 9.86. The Balaban J connectivity index is 2.46. The van der Waals surface area contributed by atoms with Crippen molar-refractivity contribution in [1.29, 1.82) is 0 Å². The van der Waals surface area contributed by atoms with E-state index in [4.69, 9.17) is 0 Å². The first-order valence-electron chi connectivity index (χ1n) is 24.9. The summed E-state index contributed by atoms with van der Waals surface area (Å²) in [6, 6.07) is 0. The van der Waals surface area contributed by atoms with Crippen molar-refractivity contribution in [3.63, 3.8) is 0 Å². The van der Waals surface area contributed by atoms with Crippen LogP contribution < -0.4 is 0 Å². The van der Waals surface area contributed by atoms with Gasteiger partial charge < -0.3 is 4.90 Å². The molecule has 0 radical (unpaired) electrons. The van der Waals surface area contributed by atoms with Crippen molar-refractivity contribution < 1.29 is 0 Å². The maximum absolute atomic E-state index is 4.44. The summed E-state index contributed by atoms with van der Waals surface area (Å²) in [5.41, 5.74) is 1.52. The summed E-state index contributed by atoms with van der Waals surface area (Å²) in [6.07, 6.45) is 56.3. The van der Waals surface area contributed by atoms with E-state index < -0.39 is 0 Å². The largest absolute Gasteiger partial charge is 0.303 e. The van der Waals surface area contributed by atoms with E-state index in [1.54, 1.807) is 0 Å². The predicted octanol–water partition coefficient (Wildman–Crippen LogP) is 18.0. The van der Waals surface area contributed by atoms with Gasteiger partial charge in [0.2, 0.25) is 0 Å². The second-order valence-corrected chi connectivity index (χ2v) is 18.6. The van der Waals surface area contributed by atoms with Gasteiger partial charge in [-0.25, -0.2) is 0 Å². The molecule has 0 aromatic rings. The highest BCUT2D eigenvalue weighted by molar-refractivity contribution is 4.93. The van der Waals surface area contributed by atoms with E-state index in [9.17, 15) is 0 Å². The van der Waals surface area contributed by atoms with Crippen LogP contribution in [-0.2, 0) is 0 Å². The SMILES string of the molecule is C=C1CCCCCCCCCCCC(C)CCCCCCCCC(CCCCCCCC)CCC(C)CCCCCCCN(CCC)CCCCC1. The number of nitrogens with zero attached hydrogens (tertiary/aromatic N) is 1. The smallest absolute Gasteiger partial charge is 0.00187 e. The van der Waals surface area contributed by atoms with Crippen LogP contribution in [0.4, 0.5) is 0 Å². The molecule has 310 valence electrons. The molecular formula is C51H101N. The molecule has 3 atom stereocenters. The Morgan fingerprint density at radius 1 is 0.423 bits per heavy atom. The Morgan fingerprint density at radius 3 is 1.35 bits per heavy atom. The number of hydrogen-bond donors (Lipinski definition) is 0. The third-order valence-corrected chi connectivity index (χ3v) is 13.0. The van der Waals surface area contributed by atoms with Gasteiger partial charge in [-0.1, -0.05) is 245 Å². The summed E-state index contributed by atoms with van der Waals surface area (Å²) >= 11 is 0. The number of allylic oxidation sites excluding steroid dienone is 1. The van der Waals surface area contributed by atoms with Crippen molar-refractivity contribution >= 4 is 0 Å². The summed E-state index contributed by atoms with van der Waals surface area (Å²) < 4.78 is 0. The Hall–Kier alpha value is -0.300. The molecule has 0 bridgehead atoms. The third kappa shape index (κ3) is 34.2. The quantitative estimate of drug-likeness (QED) is 0.169. The van der Waals surface area contributed by atoms with Gasteiger partial charge in [0.25, 0.3) is 0 Å². The normalized spacial score (nSPS) is 25.5. The van der Waals surface area contributed by atoms with Gasteiger partial charge in [0, 0.05) is 0 Å². The van der Waals surface area contributed by atoms with Gasteiger partial charge >= 0.3 is 0 Å². The van der Waals surface area contributed by atoms with E-state index in [1.807, 2.05) is 0 Å². The van der Waals surface area contributed by atoms with Crippen molar-refractivity contribution in [2.75, 3.05) is 19.6 Å². The first kappa shape index (κ1) is 49.7. The fraction of sp³-hybridized carbons (Fsp3) is 0.961. The first-order chi connectivity index (χ1) is 25.5. The molecule has 1 nitrogen and oxygen atoms in total. The Morgan fingerprint density at radius 2 is 0.827 bits per heavy atom. The lowest BCUT2D eigenvalue weighted by molar-refractivity contribution is 0.261. The average Bonchev–Trinajstić information content (AvgIpc) is 3.13. The molecule has 1 rings (SSSR count). The molecule has 52 heavy (non-hydrogen) atoms. The van der Waals surface area contributed by atoms with Gasteiger partial charge in [-0.15, -0.1) is 0 Å². The fourth-order valence-electron chi connectivity index (χ4n) is 9.22. The molecule has 1 heterocycles. The summed E-state index contributed by atoms with van der Waals surface area (Å²) in [7, 11) is 0. The van der Waals surface area contributed by atoms with Crippen LogP contribution in [0.3, 0.4) is 0 Å². The van der Waals surface area contributed by atoms with Crippen LogP contribution in [0.2, 0.25) is 0 Å². The maximum Gasteiger partial charge on any atom is -0.00187 e. The molecule has 1 aliphatic rings. The van der Waals surface area contributed by atoms with E-state index in [2.05, 4.69) is 39.2 Å². The zero-order valence-corrected chi connectivity index (χ0v) is 37.1. The minimum Gasteiger partial charge on any atom is -0.303 e. The van der Waals surface area contributed by atoms with E-state index in [0.29, 0.717) is 0 Å². The molecule has 0 N–H and O–H groups in total. The van der Waals surface area contributed by atoms with Crippen LogP contribution in [0.1, 0.15) is 278 Å². The molecule has 1 saturated heterocycles. The van der Waals surface area contributed by atoms with Crippen LogP contribution in [0.15, 0.2) is 12.2 Å². The third-order valence-electron chi connectivity index (χ3n) is 13.0. The molecule has 0 spiro atoms. The summed E-state index contributed by atoms with van der Waals surface area (Å²) in [5, 5.41) is 0. The van der Waals surface area contributed by atoms with E-state index in [0.717, 1.165) is 17.8 Å². The first-order valence-corrected chi connectivity index (χ1v) is 24.9. The fourth-order valence-corrected chi connectivity index (χ4v) is 9.22. The Bertz CT molecular complexity index is 712. The maximum atomic E-state index is 4.44. The van der Waals surface area contributed by atoms with Gasteiger partial charge in [-0.3, -0.25) is 0 Å². The van der Waals surface area contributed by atoms with Crippen LogP contribution in [-0.4, -0.2) is 24.5 Å². The lowest BCUT2D eigenvalue weighted by Gasteiger charge is -2.21. The number of unbranched alkanes of at least 4 members (excludes halogenated alkanes) is 5. The van der Waals surface area contributed by atoms with Crippen molar-refractivity contribution in [1.82, 2.24) is 4.90 Å². The summed E-state index contributed by atoms with van der Waals surface area (Å²) in [5.74, 6) is 2.88. The van der Waals surface area contributed by atoms with E-state index in [1.165, 1.54) is 276 Å². The predicted molar refractivity (Wildman–Crippen MR) is 239 cm³/mol. The summed E-state index contributed by atoms with van der Waals surface area (Å²) in [4.78, 5) is 2.77. The standard InChI is InChI=1S/C51H101N/c1-6-8-9-10-23-32-41-51-42-33-24-17-16-21-29-37-48(3)36-27-19-14-12-11-13-15-20-28-38-49(4)39-31-26-35-47-52(45-7-2)46-34-25-18-22-30-40-50(5)43-44-51/h48,50-51H,4,6-47H2,1-3,5H3. The topological polar surface area (TPSA) is 3.24 Å². The molecule has 0 aliphatic carbocycles. The van der Waals surface area contributed by atoms with Gasteiger partial charge in [-0.2, -0.15) is 0 Å². The Labute approximate surface area is 331 Å². The van der Waals surface area contributed by atoms with Crippen molar-refractivity contribution in [2.45, 2.75) is 278 Å². The average molecular weight is 728 g/mol. The zero-order chi connectivity index (χ0) is 37.6. The molecule has 0 aromatic carbocycles. The molecule has 1 heteroatoms. The second kappa shape index (κ2) is 39.0. The van der Waals surface area contributed by atoms with Gasteiger partial charge in [0.05, 0.1) is 0 Å². The molecule has 0 aromatic heterocycles. The van der Waals surface area contributed by atoms with E-state index in [-0.39, 0.29) is 0 Å². The van der Waals surface area contributed by atoms with Gasteiger partial charge in [-0.05, 0) is 82.3 Å². The van der Waals surface area contributed by atoms with Gasteiger partial charge in [0.1, 0.15) is 0 Å². The molecule has 1 aliphatic heterocycles. The summed E-state index contributed by atoms with van der Waals surface area (Å²) in [6.45, 7) is 18.2. The van der Waals surface area contributed by atoms with Crippen molar-refractivity contribution in [3.05, 3.63) is 12.2 Å². The van der Waals surface area contributed by atoms with Crippen LogP contribution in [0.5, 0.6) is 0 Å². The minimum absolute atomic E-state index is 0.928. The number of rotatable bonds is 9. The minimum atomic E-state index is 0.928. The molecule has 0 saturated carbocycles. The second-order valence-electron chi connectivity index (χ2n) is 18.6. The van der Waals surface area contributed by atoms with E-state index >= 15 is 0 Å². The molecule has 1 fully saturated rings. The Kier molecular flexibility index (Phi) is 37.2. The highest BCUT2D eigenvalue weighted by Gasteiger charge is 2.12. The lowest BCUT2D eigenvalue weighted by Crippen LogP contribution is -2.27.